The van der Waals surface area contributed by atoms with Crippen LogP contribution < -0.4 is 5.56 Å². The number of rotatable bonds is 4. The highest BCUT2D eigenvalue weighted by atomic mass is 79.9. The van der Waals surface area contributed by atoms with E-state index in [9.17, 15) is 4.79 Å². The van der Waals surface area contributed by atoms with Crippen LogP contribution in [0, 0.1) is 11.8 Å². The molecule has 0 saturated carbocycles. The molecule has 3 nitrogen and oxygen atoms in total. The number of halogens is 1. The summed E-state index contributed by atoms with van der Waals surface area (Å²) in [5, 5.41) is 0.897. The van der Waals surface area contributed by atoms with Gasteiger partial charge in [-0.3, -0.25) is 4.79 Å². The second-order valence-electron chi connectivity index (χ2n) is 4.85. The molecule has 0 aliphatic heterocycles. The lowest BCUT2D eigenvalue weighted by atomic mass is 9.98. The molecular formula is C14H17BrN2O. The van der Waals surface area contributed by atoms with E-state index in [2.05, 4.69) is 34.8 Å². The molecule has 2 rings (SSSR count). The summed E-state index contributed by atoms with van der Waals surface area (Å²) in [5.74, 6) is 0.969. The Kier molecular flexibility index (Phi) is 4.17. The largest absolute Gasteiger partial charge is 0.305 e. The Morgan fingerprint density at radius 3 is 2.72 bits per heavy atom. The molecular weight excluding hydrogens is 292 g/mol. The number of benzene rings is 1. The molecule has 1 unspecified atom stereocenters. The Labute approximate surface area is 115 Å². The molecule has 96 valence electrons. The number of fused-ring (bicyclic) bond motifs is 1. The van der Waals surface area contributed by atoms with E-state index in [1.54, 1.807) is 0 Å². The first kappa shape index (κ1) is 13.3. The summed E-state index contributed by atoms with van der Waals surface area (Å²) in [6, 6.07) is 7.77. The zero-order chi connectivity index (χ0) is 13.1. The third-order valence-electron chi connectivity index (χ3n) is 3.31. The molecule has 1 heterocycles. The Morgan fingerprint density at radius 2 is 2.06 bits per heavy atom. The molecule has 0 fully saturated rings. The normalized spacial score (nSPS) is 13.1. The van der Waals surface area contributed by atoms with Gasteiger partial charge in [-0.2, -0.15) is 0 Å². The summed E-state index contributed by atoms with van der Waals surface area (Å²) in [6.45, 7) is 5.09. The number of hydrogen-bond acceptors (Lipinski definition) is 2. The first-order chi connectivity index (χ1) is 8.63. The third-order valence-corrected chi connectivity index (χ3v) is 4.14. The van der Waals surface area contributed by atoms with Crippen LogP contribution in [0.25, 0.3) is 11.0 Å². The topological polar surface area (TPSA) is 34.9 Å². The van der Waals surface area contributed by atoms with Crippen LogP contribution in [0.5, 0.6) is 0 Å². The molecule has 2 aromatic rings. The van der Waals surface area contributed by atoms with E-state index in [1.807, 2.05) is 28.8 Å². The van der Waals surface area contributed by atoms with Gasteiger partial charge in [0.05, 0.1) is 17.2 Å². The third kappa shape index (κ3) is 2.64. The summed E-state index contributed by atoms with van der Waals surface area (Å²) in [7, 11) is 0. The van der Waals surface area contributed by atoms with Crippen LogP contribution in [0.1, 0.15) is 13.8 Å². The first-order valence-electron chi connectivity index (χ1n) is 6.14. The quantitative estimate of drug-likeness (QED) is 0.814. The monoisotopic (exact) mass is 308 g/mol. The van der Waals surface area contributed by atoms with E-state index in [0.29, 0.717) is 11.8 Å². The first-order valence-corrected chi connectivity index (χ1v) is 7.26. The van der Waals surface area contributed by atoms with Crippen LogP contribution in [0.3, 0.4) is 0 Å². The maximum atomic E-state index is 12.0. The van der Waals surface area contributed by atoms with Gasteiger partial charge in [-0.05, 0) is 24.0 Å². The number of aromatic nitrogens is 2. The molecule has 0 amide bonds. The van der Waals surface area contributed by atoms with Crippen molar-refractivity contribution in [2.45, 2.75) is 20.4 Å². The van der Waals surface area contributed by atoms with Gasteiger partial charge in [-0.25, -0.2) is 4.98 Å². The van der Waals surface area contributed by atoms with E-state index in [0.717, 1.165) is 22.9 Å². The second-order valence-corrected chi connectivity index (χ2v) is 5.50. The lowest BCUT2D eigenvalue weighted by Gasteiger charge is -2.20. The minimum absolute atomic E-state index is 0.0275. The van der Waals surface area contributed by atoms with Gasteiger partial charge in [0.25, 0.3) is 5.56 Å². The minimum Gasteiger partial charge on any atom is -0.305 e. The van der Waals surface area contributed by atoms with Crippen LogP contribution in [0.2, 0.25) is 0 Å². The van der Waals surface area contributed by atoms with Gasteiger partial charge in [-0.15, -0.1) is 0 Å². The van der Waals surface area contributed by atoms with Crippen molar-refractivity contribution in [3.05, 3.63) is 40.8 Å². The van der Waals surface area contributed by atoms with Crippen molar-refractivity contribution >= 4 is 27.0 Å². The van der Waals surface area contributed by atoms with Crippen molar-refractivity contribution in [3.63, 3.8) is 0 Å². The molecule has 0 radical (unpaired) electrons. The zero-order valence-corrected chi connectivity index (χ0v) is 12.2. The zero-order valence-electron chi connectivity index (χ0n) is 10.6. The predicted molar refractivity (Wildman–Crippen MR) is 78.1 cm³/mol. The highest BCUT2D eigenvalue weighted by molar-refractivity contribution is 9.09. The van der Waals surface area contributed by atoms with Crippen molar-refractivity contribution in [1.82, 2.24) is 9.55 Å². The standard InChI is InChI=1S/C14H17BrN2O/c1-10(2)11(7-15)9-17-13-6-4-3-5-12(13)16-8-14(17)18/h3-6,8,10-11H,7,9H2,1-2H3. The molecule has 0 bridgehead atoms. The fourth-order valence-corrected chi connectivity index (χ4v) is 2.93. The van der Waals surface area contributed by atoms with Gasteiger partial charge in [-0.1, -0.05) is 41.9 Å². The van der Waals surface area contributed by atoms with Gasteiger partial charge < -0.3 is 4.57 Å². The molecule has 1 aromatic heterocycles. The smallest absolute Gasteiger partial charge is 0.269 e. The molecule has 18 heavy (non-hydrogen) atoms. The van der Waals surface area contributed by atoms with Crippen molar-refractivity contribution in [2.75, 3.05) is 5.33 Å². The van der Waals surface area contributed by atoms with Gasteiger partial charge in [0.2, 0.25) is 0 Å². The van der Waals surface area contributed by atoms with E-state index in [1.165, 1.54) is 6.20 Å². The minimum atomic E-state index is -0.0275. The average Bonchev–Trinajstić information content (AvgIpc) is 2.37. The Balaban J connectivity index is 2.49. The van der Waals surface area contributed by atoms with Gasteiger partial charge in [0.15, 0.2) is 0 Å². The Hall–Kier alpha value is -1.16. The summed E-state index contributed by atoms with van der Waals surface area (Å²) >= 11 is 3.53. The molecule has 0 saturated heterocycles. The van der Waals surface area contributed by atoms with Crippen molar-refractivity contribution < 1.29 is 0 Å². The highest BCUT2D eigenvalue weighted by Crippen LogP contribution is 2.17. The second kappa shape index (κ2) is 5.65. The molecule has 0 aliphatic carbocycles. The van der Waals surface area contributed by atoms with Crippen LogP contribution in [0.4, 0.5) is 0 Å². The SMILES string of the molecule is CC(C)C(CBr)Cn1c(=O)cnc2ccccc21. The molecule has 0 aliphatic rings. The predicted octanol–water partition coefficient (Wildman–Crippen LogP) is 3.06. The fraction of sp³-hybridized carbons (Fsp3) is 0.429. The number of nitrogens with zero attached hydrogens (tertiary/aromatic N) is 2. The van der Waals surface area contributed by atoms with Crippen LogP contribution in [-0.4, -0.2) is 14.9 Å². The number of alkyl halides is 1. The van der Waals surface area contributed by atoms with E-state index >= 15 is 0 Å². The van der Waals surface area contributed by atoms with Crippen LogP contribution in [-0.2, 0) is 6.54 Å². The summed E-state index contributed by atoms with van der Waals surface area (Å²) in [6.07, 6.45) is 1.41. The molecule has 0 spiro atoms. The number of hydrogen-bond donors (Lipinski definition) is 0. The molecule has 4 heteroatoms. The Bertz CT molecular complexity index is 592. The van der Waals surface area contributed by atoms with E-state index in [4.69, 9.17) is 0 Å². The molecule has 1 atom stereocenters. The lowest BCUT2D eigenvalue weighted by Crippen LogP contribution is -2.27. The average molecular weight is 309 g/mol. The maximum Gasteiger partial charge on any atom is 0.269 e. The van der Waals surface area contributed by atoms with Gasteiger partial charge >= 0.3 is 0 Å². The fourth-order valence-electron chi connectivity index (χ4n) is 1.98. The van der Waals surface area contributed by atoms with Crippen LogP contribution >= 0.6 is 15.9 Å². The van der Waals surface area contributed by atoms with E-state index in [-0.39, 0.29) is 5.56 Å². The summed E-state index contributed by atoms with van der Waals surface area (Å²) in [4.78, 5) is 16.2. The van der Waals surface area contributed by atoms with E-state index < -0.39 is 0 Å². The number of para-hydroxylation sites is 2. The summed E-state index contributed by atoms with van der Waals surface area (Å²) < 4.78 is 1.83. The van der Waals surface area contributed by atoms with Crippen molar-refractivity contribution in [1.29, 1.82) is 0 Å². The highest BCUT2D eigenvalue weighted by Gasteiger charge is 2.14. The van der Waals surface area contributed by atoms with Crippen molar-refractivity contribution in [2.24, 2.45) is 11.8 Å². The summed E-state index contributed by atoms with van der Waals surface area (Å²) in [5.41, 5.74) is 1.76. The molecule has 0 N–H and O–H groups in total. The van der Waals surface area contributed by atoms with Gasteiger partial charge in [0, 0.05) is 11.9 Å². The van der Waals surface area contributed by atoms with Crippen molar-refractivity contribution in [3.8, 4) is 0 Å². The van der Waals surface area contributed by atoms with Gasteiger partial charge in [0.1, 0.15) is 0 Å². The Morgan fingerprint density at radius 1 is 1.33 bits per heavy atom. The van der Waals surface area contributed by atoms with Crippen LogP contribution in [0.15, 0.2) is 35.3 Å². The lowest BCUT2D eigenvalue weighted by molar-refractivity contribution is 0.373. The molecule has 1 aromatic carbocycles. The maximum absolute atomic E-state index is 12.0.